The molecule has 2 aromatic heterocycles. The summed E-state index contributed by atoms with van der Waals surface area (Å²) in [5.41, 5.74) is 1.42. The summed E-state index contributed by atoms with van der Waals surface area (Å²) in [6.45, 7) is 4.31. The Labute approximate surface area is 147 Å². The third-order valence-electron chi connectivity index (χ3n) is 3.30. The largest absolute Gasteiger partial charge is 0.300 e. The van der Waals surface area contributed by atoms with E-state index < -0.39 is 0 Å². The molecular weight excluding hydrogens is 342 g/mol. The number of nitrogens with zero attached hydrogens (tertiary/aromatic N) is 3. The number of carbonyl (C=O) groups excluding carboxylic acids is 1. The standard InChI is InChI=1S/C16H15N5OS2/c1-2-8-21-13(19-20-16(21)23)9-12-10-24-15(17-12)18-14(22)11-6-4-3-5-7-11/h2-7,10H,1,8-9H2,(H,20,23)(H,17,18,22). The number of amides is 1. The van der Waals surface area contributed by atoms with Crippen molar-refractivity contribution in [2.75, 3.05) is 5.32 Å². The number of nitrogens with one attached hydrogen (secondary N) is 2. The van der Waals surface area contributed by atoms with Gasteiger partial charge in [-0.05, 0) is 24.4 Å². The van der Waals surface area contributed by atoms with E-state index >= 15 is 0 Å². The third-order valence-corrected chi connectivity index (χ3v) is 4.41. The van der Waals surface area contributed by atoms with Gasteiger partial charge in [0.15, 0.2) is 9.90 Å². The second-order valence-corrected chi connectivity index (χ2v) is 6.23. The number of aromatic amines is 1. The van der Waals surface area contributed by atoms with Crippen LogP contribution in [0, 0.1) is 4.77 Å². The first-order chi connectivity index (χ1) is 11.7. The lowest BCUT2D eigenvalue weighted by molar-refractivity contribution is 0.102. The van der Waals surface area contributed by atoms with Crippen molar-refractivity contribution in [1.82, 2.24) is 19.7 Å². The number of H-pyrrole nitrogens is 1. The Bertz CT molecular complexity index is 910. The van der Waals surface area contributed by atoms with Gasteiger partial charge in [0.2, 0.25) is 0 Å². The molecule has 3 rings (SSSR count). The molecule has 3 aromatic rings. The zero-order valence-electron chi connectivity index (χ0n) is 12.7. The van der Waals surface area contributed by atoms with Gasteiger partial charge in [0.1, 0.15) is 5.82 Å². The van der Waals surface area contributed by atoms with Crippen molar-refractivity contribution in [1.29, 1.82) is 0 Å². The average Bonchev–Trinajstić information content (AvgIpc) is 3.17. The van der Waals surface area contributed by atoms with Gasteiger partial charge in [0.05, 0.1) is 12.1 Å². The summed E-state index contributed by atoms with van der Waals surface area (Å²) in [6, 6.07) is 9.04. The topological polar surface area (TPSA) is 75.6 Å². The van der Waals surface area contributed by atoms with Crippen LogP contribution in [0.5, 0.6) is 0 Å². The molecule has 8 heteroatoms. The molecule has 6 nitrogen and oxygen atoms in total. The predicted octanol–water partition coefficient (Wildman–Crippen LogP) is 3.43. The average molecular weight is 357 g/mol. The van der Waals surface area contributed by atoms with Crippen molar-refractivity contribution in [3.63, 3.8) is 0 Å². The third kappa shape index (κ3) is 3.66. The highest BCUT2D eigenvalue weighted by Crippen LogP contribution is 2.18. The quantitative estimate of drug-likeness (QED) is 0.523. The van der Waals surface area contributed by atoms with Crippen molar-refractivity contribution in [2.24, 2.45) is 0 Å². The van der Waals surface area contributed by atoms with Gasteiger partial charge in [-0.1, -0.05) is 24.3 Å². The normalized spacial score (nSPS) is 10.5. The van der Waals surface area contributed by atoms with Crippen LogP contribution in [0.4, 0.5) is 5.13 Å². The number of anilines is 1. The monoisotopic (exact) mass is 357 g/mol. The lowest BCUT2D eigenvalue weighted by Gasteiger charge is -2.02. The first-order valence-electron chi connectivity index (χ1n) is 7.23. The van der Waals surface area contributed by atoms with Crippen LogP contribution in [0.3, 0.4) is 0 Å². The van der Waals surface area contributed by atoms with E-state index in [0.29, 0.717) is 28.4 Å². The molecule has 0 spiro atoms. The zero-order valence-corrected chi connectivity index (χ0v) is 14.4. The van der Waals surface area contributed by atoms with E-state index in [0.717, 1.165) is 11.5 Å². The molecule has 0 aliphatic carbocycles. The Hall–Kier alpha value is -2.58. The minimum absolute atomic E-state index is 0.175. The lowest BCUT2D eigenvalue weighted by atomic mass is 10.2. The van der Waals surface area contributed by atoms with Crippen LogP contribution >= 0.6 is 23.6 Å². The van der Waals surface area contributed by atoms with Crippen molar-refractivity contribution in [3.8, 4) is 0 Å². The highest BCUT2D eigenvalue weighted by atomic mass is 32.1. The lowest BCUT2D eigenvalue weighted by Crippen LogP contribution is -2.11. The molecule has 0 radical (unpaired) electrons. The number of benzene rings is 1. The summed E-state index contributed by atoms with van der Waals surface area (Å²) in [5.74, 6) is 0.608. The number of allylic oxidation sites excluding steroid dienone is 1. The van der Waals surface area contributed by atoms with Crippen molar-refractivity contribution in [3.05, 3.63) is 70.2 Å². The van der Waals surface area contributed by atoms with Crippen LogP contribution in [0.1, 0.15) is 21.9 Å². The molecule has 0 saturated carbocycles. The second kappa shape index (κ2) is 7.33. The minimum atomic E-state index is -0.175. The Morgan fingerprint density at radius 3 is 2.96 bits per heavy atom. The van der Waals surface area contributed by atoms with Crippen LogP contribution in [0.25, 0.3) is 0 Å². The summed E-state index contributed by atoms with van der Waals surface area (Å²) in [6.07, 6.45) is 2.29. The van der Waals surface area contributed by atoms with Crippen molar-refractivity contribution in [2.45, 2.75) is 13.0 Å². The van der Waals surface area contributed by atoms with E-state index in [1.54, 1.807) is 18.2 Å². The molecule has 1 amide bonds. The summed E-state index contributed by atoms with van der Waals surface area (Å²) < 4.78 is 2.42. The fourth-order valence-corrected chi connectivity index (χ4v) is 3.10. The summed E-state index contributed by atoms with van der Waals surface area (Å²) >= 11 is 6.57. The van der Waals surface area contributed by atoms with E-state index in [1.165, 1.54) is 11.3 Å². The Kier molecular flexibility index (Phi) is 4.97. The molecular formula is C16H15N5OS2. The second-order valence-electron chi connectivity index (χ2n) is 4.99. The Balaban J connectivity index is 1.71. The van der Waals surface area contributed by atoms with E-state index in [2.05, 4.69) is 27.1 Å². The highest BCUT2D eigenvalue weighted by molar-refractivity contribution is 7.71. The van der Waals surface area contributed by atoms with Gasteiger partial charge in [-0.2, -0.15) is 5.10 Å². The Morgan fingerprint density at radius 1 is 1.42 bits per heavy atom. The smallest absolute Gasteiger partial charge is 0.257 e. The molecule has 24 heavy (non-hydrogen) atoms. The number of hydrogen-bond acceptors (Lipinski definition) is 5. The number of aromatic nitrogens is 4. The molecule has 122 valence electrons. The maximum Gasteiger partial charge on any atom is 0.257 e. The first kappa shape index (κ1) is 16.3. The van der Waals surface area contributed by atoms with Gasteiger partial charge in [-0.15, -0.1) is 17.9 Å². The van der Waals surface area contributed by atoms with Gasteiger partial charge >= 0.3 is 0 Å². The van der Waals surface area contributed by atoms with Gasteiger partial charge in [-0.25, -0.2) is 4.98 Å². The van der Waals surface area contributed by atoms with Gasteiger partial charge in [-0.3, -0.25) is 19.8 Å². The van der Waals surface area contributed by atoms with Gasteiger partial charge in [0.25, 0.3) is 5.91 Å². The molecule has 1 aromatic carbocycles. The maximum atomic E-state index is 12.1. The molecule has 0 atom stereocenters. The molecule has 0 saturated heterocycles. The molecule has 0 aliphatic heterocycles. The SMILES string of the molecule is C=CCn1c(Cc2csc(NC(=O)c3ccccc3)n2)n[nH]c1=S. The highest BCUT2D eigenvalue weighted by Gasteiger charge is 2.11. The van der Waals surface area contributed by atoms with E-state index in [4.69, 9.17) is 12.2 Å². The summed E-state index contributed by atoms with van der Waals surface area (Å²) in [4.78, 5) is 16.6. The van der Waals surface area contributed by atoms with Crippen molar-refractivity contribution < 1.29 is 4.79 Å². The van der Waals surface area contributed by atoms with Crippen LogP contribution in [-0.4, -0.2) is 25.7 Å². The van der Waals surface area contributed by atoms with Crippen LogP contribution in [-0.2, 0) is 13.0 Å². The zero-order chi connectivity index (χ0) is 16.9. The fraction of sp³-hybridized carbons (Fsp3) is 0.125. The van der Waals surface area contributed by atoms with Gasteiger partial charge < -0.3 is 0 Å². The molecule has 2 heterocycles. The number of rotatable bonds is 6. The summed E-state index contributed by atoms with van der Waals surface area (Å²) in [5, 5.41) is 12.3. The molecule has 0 unspecified atom stereocenters. The number of hydrogen-bond donors (Lipinski definition) is 2. The molecule has 0 aliphatic rings. The van der Waals surface area contributed by atoms with E-state index in [-0.39, 0.29) is 5.91 Å². The van der Waals surface area contributed by atoms with E-state index in [9.17, 15) is 4.79 Å². The van der Waals surface area contributed by atoms with Crippen LogP contribution in [0.15, 0.2) is 48.4 Å². The molecule has 0 bridgehead atoms. The Morgan fingerprint density at radius 2 is 2.21 bits per heavy atom. The number of thiazole rings is 1. The predicted molar refractivity (Wildman–Crippen MR) is 96.9 cm³/mol. The maximum absolute atomic E-state index is 12.1. The van der Waals surface area contributed by atoms with Crippen molar-refractivity contribution >= 4 is 34.6 Å². The van der Waals surface area contributed by atoms with Crippen LogP contribution in [0.2, 0.25) is 0 Å². The van der Waals surface area contributed by atoms with Gasteiger partial charge in [0, 0.05) is 17.5 Å². The molecule has 2 N–H and O–H groups in total. The minimum Gasteiger partial charge on any atom is -0.300 e. The van der Waals surface area contributed by atoms with E-state index in [1.807, 2.05) is 28.1 Å². The van der Waals surface area contributed by atoms with Crippen LogP contribution < -0.4 is 5.32 Å². The fourth-order valence-electron chi connectivity index (χ4n) is 2.17. The first-order valence-corrected chi connectivity index (χ1v) is 8.52. The summed E-state index contributed by atoms with van der Waals surface area (Å²) in [7, 11) is 0. The molecule has 0 fully saturated rings. The number of carbonyl (C=O) groups is 1.